The minimum Gasteiger partial charge on any atom is -0.449 e. The summed E-state index contributed by atoms with van der Waals surface area (Å²) in [4.78, 5) is 23.4. The van der Waals surface area contributed by atoms with E-state index in [0.29, 0.717) is 0 Å². The van der Waals surface area contributed by atoms with Crippen LogP contribution in [-0.4, -0.2) is 54.2 Å². The minimum absolute atomic E-state index is 0.00679. The van der Waals surface area contributed by atoms with Gasteiger partial charge in [0.15, 0.2) is 5.69 Å². The van der Waals surface area contributed by atoms with Crippen LogP contribution in [0.1, 0.15) is 6.92 Å². The Morgan fingerprint density at radius 3 is 2.78 bits per heavy atom. The summed E-state index contributed by atoms with van der Waals surface area (Å²) < 4.78 is 55.8. The van der Waals surface area contributed by atoms with Gasteiger partial charge in [-0.15, -0.1) is 0 Å². The minimum atomic E-state index is -4.14. The summed E-state index contributed by atoms with van der Waals surface area (Å²) in [6, 6.07) is 3.80. The zero-order chi connectivity index (χ0) is 23.3. The molecular formula is C15H15BrFN7O7S. The SMILES string of the molecule is CCOC(=O)NS(=O)(=O)NCCNc1nonc1-c1noc(=O)n1-c1ccc(F)c(Br)c1. The quantitative estimate of drug-likeness (QED) is 0.328. The van der Waals surface area contributed by atoms with Gasteiger partial charge in [-0.05, 0) is 51.4 Å². The van der Waals surface area contributed by atoms with Crippen molar-refractivity contribution in [1.82, 2.24) is 29.5 Å². The van der Waals surface area contributed by atoms with E-state index < -0.39 is 27.9 Å². The largest absolute Gasteiger partial charge is 0.449 e. The number of hydrogen-bond acceptors (Lipinski definition) is 11. The van der Waals surface area contributed by atoms with Crippen molar-refractivity contribution in [3.63, 3.8) is 0 Å². The Morgan fingerprint density at radius 2 is 2.06 bits per heavy atom. The van der Waals surface area contributed by atoms with E-state index >= 15 is 0 Å². The van der Waals surface area contributed by atoms with E-state index in [1.165, 1.54) is 19.1 Å². The Kier molecular flexibility index (Phi) is 7.21. The lowest BCUT2D eigenvalue weighted by Crippen LogP contribution is -2.42. The maximum atomic E-state index is 13.5. The molecular weight excluding hydrogens is 521 g/mol. The molecule has 0 aliphatic carbocycles. The third-order valence-corrected chi connectivity index (χ3v) is 5.30. The predicted molar refractivity (Wildman–Crippen MR) is 109 cm³/mol. The van der Waals surface area contributed by atoms with Crippen molar-refractivity contribution in [2.24, 2.45) is 0 Å². The molecule has 0 bridgehead atoms. The van der Waals surface area contributed by atoms with Crippen LogP contribution in [0.2, 0.25) is 0 Å². The third kappa shape index (κ3) is 5.48. The van der Waals surface area contributed by atoms with Crippen LogP contribution >= 0.6 is 15.9 Å². The molecule has 14 nitrogen and oxygen atoms in total. The Morgan fingerprint density at radius 1 is 1.28 bits per heavy atom. The molecule has 172 valence electrons. The zero-order valence-electron chi connectivity index (χ0n) is 16.2. The topological polar surface area (TPSA) is 183 Å². The summed E-state index contributed by atoms with van der Waals surface area (Å²) in [7, 11) is -4.14. The van der Waals surface area contributed by atoms with Crippen molar-refractivity contribution in [3.8, 4) is 17.2 Å². The number of halogens is 2. The summed E-state index contributed by atoms with van der Waals surface area (Å²) in [5.74, 6) is -1.48. The molecule has 2 aromatic heterocycles. The molecule has 1 amide bonds. The molecule has 0 saturated carbocycles. The number of ether oxygens (including phenoxy) is 1. The standard InChI is InChI=1S/C15H15BrFN7O7S/c1-2-29-14(25)23-32(27,28)19-6-5-18-12-11(20-31-21-12)13-22-30-15(26)24(13)8-3-4-10(17)9(16)7-8/h3-4,7,19H,2,5-6H2,1H3,(H,18,21)(H,23,25). The Labute approximate surface area is 187 Å². The number of carbonyl (C=O) groups excluding carboxylic acids is 1. The highest BCUT2D eigenvalue weighted by Crippen LogP contribution is 2.25. The lowest BCUT2D eigenvalue weighted by molar-refractivity contribution is 0.158. The fraction of sp³-hybridized carbons (Fsp3) is 0.267. The first kappa shape index (κ1) is 23.4. The van der Waals surface area contributed by atoms with Crippen LogP contribution in [0, 0.1) is 5.82 Å². The van der Waals surface area contributed by atoms with Crippen LogP contribution in [0.3, 0.4) is 0 Å². The average molecular weight is 536 g/mol. The molecule has 17 heteroatoms. The highest BCUT2D eigenvalue weighted by atomic mass is 79.9. The molecule has 32 heavy (non-hydrogen) atoms. The fourth-order valence-corrected chi connectivity index (χ4v) is 3.46. The number of nitrogens with zero attached hydrogens (tertiary/aromatic N) is 4. The van der Waals surface area contributed by atoms with E-state index in [0.717, 1.165) is 10.6 Å². The average Bonchev–Trinajstić information content (AvgIpc) is 3.33. The van der Waals surface area contributed by atoms with Gasteiger partial charge in [-0.1, -0.05) is 5.16 Å². The van der Waals surface area contributed by atoms with Crippen LogP contribution < -0.4 is 20.5 Å². The Hall–Kier alpha value is -3.31. The second-order valence-electron chi connectivity index (χ2n) is 5.81. The molecule has 2 heterocycles. The van der Waals surface area contributed by atoms with Crippen molar-refractivity contribution < 1.29 is 31.5 Å². The molecule has 0 atom stereocenters. The van der Waals surface area contributed by atoms with E-state index in [4.69, 9.17) is 4.52 Å². The predicted octanol–water partition coefficient (Wildman–Crippen LogP) is 0.769. The smallest absolute Gasteiger partial charge is 0.446 e. The molecule has 0 radical (unpaired) electrons. The van der Waals surface area contributed by atoms with Crippen LogP contribution in [0.25, 0.3) is 17.2 Å². The maximum absolute atomic E-state index is 13.5. The normalized spacial score (nSPS) is 11.3. The molecule has 0 saturated heterocycles. The van der Waals surface area contributed by atoms with E-state index in [9.17, 15) is 22.4 Å². The number of nitrogens with one attached hydrogen (secondary N) is 3. The van der Waals surface area contributed by atoms with Crippen LogP contribution in [0.15, 0.2) is 36.6 Å². The van der Waals surface area contributed by atoms with Gasteiger partial charge in [0.1, 0.15) is 5.82 Å². The van der Waals surface area contributed by atoms with Crippen LogP contribution in [0.5, 0.6) is 0 Å². The van der Waals surface area contributed by atoms with Crippen molar-refractivity contribution in [2.45, 2.75) is 6.92 Å². The molecule has 0 fully saturated rings. The number of benzene rings is 1. The second kappa shape index (κ2) is 9.88. The molecule has 3 rings (SSSR count). The lowest BCUT2D eigenvalue weighted by atomic mass is 10.3. The highest BCUT2D eigenvalue weighted by Gasteiger charge is 2.23. The van der Waals surface area contributed by atoms with Crippen molar-refractivity contribution >= 4 is 38.1 Å². The third-order valence-electron chi connectivity index (χ3n) is 3.67. The van der Waals surface area contributed by atoms with E-state index in [-0.39, 0.29) is 47.2 Å². The number of aromatic nitrogens is 4. The highest BCUT2D eigenvalue weighted by molar-refractivity contribution is 9.10. The lowest BCUT2D eigenvalue weighted by Gasteiger charge is -2.09. The summed E-state index contributed by atoms with van der Waals surface area (Å²) in [5, 5.41) is 13.7. The van der Waals surface area contributed by atoms with Crippen LogP contribution in [-0.2, 0) is 14.9 Å². The van der Waals surface area contributed by atoms with Crippen LogP contribution in [0.4, 0.5) is 15.0 Å². The number of anilines is 1. The first-order chi connectivity index (χ1) is 15.2. The number of rotatable bonds is 9. The molecule has 0 unspecified atom stereocenters. The number of hydrogen-bond donors (Lipinski definition) is 3. The number of amides is 1. The fourth-order valence-electron chi connectivity index (χ4n) is 2.38. The molecule has 0 aliphatic rings. The molecule has 0 aliphatic heterocycles. The maximum Gasteiger partial charge on any atom is 0.446 e. The first-order valence-corrected chi connectivity index (χ1v) is 11.0. The first-order valence-electron chi connectivity index (χ1n) is 8.77. The number of carbonyl (C=O) groups is 1. The van der Waals surface area contributed by atoms with Gasteiger partial charge in [-0.25, -0.2) is 27.9 Å². The van der Waals surface area contributed by atoms with Gasteiger partial charge in [0.05, 0.1) is 16.8 Å². The molecule has 3 aromatic rings. The van der Waals surface area contributed by atoms with Gasteiger partial charge in [0.2, 0.25) is 11.6 Å². The van der Waals surface area contributed by atoms with Gasteiger partial charge in [0.25, 0.3) is 0 Å². The molecule has 0 spiro atoms. The van der Waals surface area contributed by atoms with E-state index in [1.54, 1.807) is 4.72 Å². The summed E-state index contributed by atoms with van der Waals surface area (Å²) in [6.45, 7) is 1.34. The van der Waals surface area contributed by atoms with Gasteiger partial charge >= 0.3 is 22.1 Å². The summed E-state index contributed by atoms with van der Waals surface area (Å²) in [6.07, 6.45) is -1.12. The van der Waals surface area contributed by atoms with Gasteiger partial charge < -0.3 is 10.1 Å². The van der Waals surface area contributed by atoms with Gasteiger partial charge in [-0.3, -0.25) is 4.52 Å². The Bertz CT molecular complexity index is 1270. The monoisotopic (exact) mass is 535 g/mol. The zero-order valence-corrected chi connectivity index (χ0v) is 18.6. The van der Waals surface area contributed by atoms with Crippen molar-refractivity contribution in [3.05, 3.63) is 39.0 Å². The van der Waals surface area contributed by atoms with Gasteiger partial charge in [-0.2, -0.15) is 13.1 Å². The van der Waals surface area contributed by atoms with E-state index in [2.05, 4.69) is 50.8 Å². The van der Waals surface area contributed by atoms with Gasteiger partial charge in [0, 0.05) is 13.1 Å². The van der Waals surface area contributed by atoms with E-state index in [1.807, 2.05) is 0 Å². The summed E-state index contributed by atoms with van der Waals surface area (Å²) >= 11 is 3.04. The summed E-state index contributed by atoms with van der Waals surface area (Å²) in [5.41, 5.74) is 0.204. The molecule has 3 N–H and O–H groups in total. The Balaban J connectivity index is 1.71. The molecule has 1 aromatic carbocycles. The second-order valence-corrected chi connectivity index (χ2v) is 8.17. The van der Waals surface area contributed by atoms with Crippen molar-refractivity contribution in [2.75, 3.05) is 25.0 Å². The van der Waals surface area contributed by atoms with Crippen molar-refractivity contribution in [1.29, 1.82) is 0 Å².